The first-order valence-electron chi connectivity index (χ1n) is 6.85. The van der Waals surface area contributed by atoms with E-state index in [0.29, 0.717) is 5.69 Å². The van der Waals surface area contributed by atoms with Crippen LogP contribution >= 0.6 is 11.6 Å². The zero-order valence-corrected chi connectivity index (χ0v) is 12.3. The van der Waals surface area contributed by atoms with Crippen molar-refractivity contribution in [2.75, 3.05) is 17.6 Å². The first-order valence-corrected chi connectivity index (χ1v) is 7.23. The molecule has 0 fully saturated rings. The molecule has 0 unspecified atom stereocenters. The molecule has 0 radical (unpaired) electrons. The second kappa shape index (κ2) is 6.02. The van der Waals surface area contributed by atoms with Gasteiger partial charge in [-0.15, -0.1) is 0 Å². The Morgan fingerprint density at radius 1 is 1.05 bits per heavy atom. The number of nitrogens with one attached hydrogen (secondary N) is 1. The second-order valence-corrected chi connectivity index (χ2v) is 5.34. The summed E-state index contributed by atoms with van der Waals surface area (Å²) in [6.45, 7) is 0.843. The largest absolute Gasteiger partial charge is 0.397 e. The lowest BCUT2D eigenvalue weighted by Gasteiger charge is -2.10. The van der Waals surface area contributed by atoms with E-state index in [-0.39, 0.29) is 0 Å². The Balaban J connectivity index is 1.73. The van der Waals surface area contributed by atoms with E-state index in [4.69, 9.17) is 17.3 Å². The van der Waals surface area contributed by atoms with Crippen molar-refractivity contribution in [3.63, 3.8) is 0 Å². The summed E-state index contributed by atoms with van der Waals surface area (Å²) in [7, 11) is 0. The Hall–Kier alpha value is -2.26. The number of halogens is 1. The van der Waals surface area contributed by atoms with Crippen molar-refractivity contribution in [1.29, 1.82) is 0 Å². The predicted octanol–water partition coefficient (Wildman–Crippen LogP) is 4.13. The van der Waals surface area contributed by atoms with Crippen molar-refractivity contribution >= 4 is 33.9 Å². The van der Waals surface area contributed by atoms with E-state index in [2.05, 4.69) is 10.3 Å². The lowest BCUT2D eigenvalue weighted by molar-refractivity contribution is 1.02. The van der Waals surface area contributed by atoms with E-state index in [1.54, 1.807) is 6.20 Å². The zero-order valence-electron chi connectivity index (χ0n) is 11.5. The maximum absolute atomic E-state index is 5.96. The molecule has 0 aliphatic heterocycles. The minimum Gasteiger partial charge on any atom is -0.397 e. The minimum absolute atomic E-state index is 0.703. The lowest BCUT2D eigenvalue weighted by atomic mass is 10.1. The molecule has 2 aromatic carbocycles. The fraction of sp³-hybridized carbons (Fsp3) is 0.118. The summed E-state index contributed by atoms with van der Waals surface area (Å²) >= 11 is 5.89. The standard InChI is InChI=1S/C17H16ClN3/c18-13-6-4-12(5-7-13)8-10-20-16-9-11-21-17-14(16)2-1-3-15(17)19/h1-7,9,11H,8,10,19H2,(H,20,21). The molecule has 0 aliphatic carbocycles. The molecule has 3 N–H and O–H groups in total. The van der Waals surface area contributed by atoms with Gasteiger partial charge >= 0.3 is 0 Å². The average molecular weight is 298 g/mol. The normalized spacial score (nSPS) is 10.7. The van der Waals surface area contributed by atoms with Gasteiger partial charge in [-0.05, 0) is 36.2 Å². The summed E-state index contributed by atoms with van der Waals surface area (Å²) in [5, 5.41) is 5.27. The van der Waals surface area contributed by atoms with Gasteiger partial charge in [0, 0.05) is 28.8 Å². The molecular formula is C17H16ClN3. The number of anilines is 2. The van der Waals surface area contributed by atoms with Crippen LogP contribution < -0.4 is 11.1 Å². The van der Waals surface area contributed by atoms with E-state index >= 15 is 0 Å². The van der Waals surface area contributed by atoms with Crippen LogP contribution in [0.25, 0.3) is 10.9 Å². The molecule has 3 rings (SSSR count). The van der Waals surface area contributed by atoms with Crippen LogP contribution in [0.1, 0.15) is 5.56 Å². The van der Waals surface area contributed by atoms with E-state index in [0.717, 1.165) is 34.6 Å². The average Bonchev–Trinajstić information content (AvgIpc) is 2.50. The Labute approximate surface area is 128 Å². The summed E-state index contributed by atoms with van der Waals surface area (Å²) in [4.78, 5) is 4.34. The van der Waals surface area contributed by atoms with Crippen LogP contribution in [0, 0.1) is 0 Å². The van der Waals surface area contributed by atoms with Crippen LogP contribution in [0.3, 0.4) is 0 Å². The van der Waals surface area contributed by atoms with Gasteiger partial charge in [-0.25, -0.2) is 0 Å². The van der Waals surface area contributed by atoms with Crippen molar-refractivity contribution in [3.8, 4) is 0 Å². The van der Waals surface area contributed by atoms with E-state index in [1.807, 2.05) is 48.5 Å². The molecule has 0 saturated heterocycles. The molecule has 0 aliphatic rings. The number of fused-ring (bicyclic) bond motifs is 1. The first kappa shape index (κ1) is 13.7. The maximum Gasteiger partial charge on any atom is 0.0951 e. The highest BCUT2D eigenvalue weighted by Gasteiger charge is 2.03. The number of aromatic nitrogens is 1. The molecule has 3 nitrogen and oxygen atoms in total. The first-order chi connectivity index (χ1) is 10.2. The highest BCUT2D eigenvalue weighted by atomic mass is 35.5. The van der Waals surface area contributed by atoms with Crippen molar-refractivity contribution in [1.82, 2.24) is 4.98 Å². The van der Waals surface area contributed by atoms with Crippen LogP contribution in [0.2, 0.25) is 5.02 Å². The van der Waals surface area contributed by atoms with E-state index in [1.165, 1.54) is 5.56 Å². The Kier molecular flexibility index (Phi) is 3.93. The topological polar surface area (TPSA) is 50.9 Å². The fourth-order valence-corrected chi connectivity index (χ4v) is 2.47. The molecule has 0 atom stereocenters. The summed E-state index contributed by atoms with van der Waals surface area (Å²) in [6.07, 6.45) is 2.71. The summed E-state index contributed by atoms with van der Waals surface area (Å²) < 4.78 is 0. The number of nitrogens with two attached hydrogens (primary N) is 1. The molecular weight excluding hydrogens is 282 g/mol. The number of para-hydroxylation sites is 1. The molecule has 4 heteroatoms. The van der Waals surface area contributed by atoms with Gasteiger partial charge in [0.15, 0.2) is 0 Å². The SMILES string of the molecule is Nc1cccc2c(NCCc3ccc(Cl)cc3)ccnc12. The number of pyridine rings is 1. The molecule has 1 heterocycles. The van der Waals surface area contributed by atoms with Gasteiger partial charge in [-0.1, -0.05) is 35.9 Å². The number of hydrogen-bond donors (Lipinski definition) is 2. The third-order valence-corrected chi connectivity index (χ3v) is 3.70. The third-order valence-electron chi connectivity index (χ3n) is 3.44. The van der Waals surface area contributed by atoms with Gasteiger partial charge in [0.05, 0.1) is 11.2 Å². The van der Waals surface area contributed by atoms with E-state index < -0.39 is 0 Å². The smallest absolute Gasteiger partial charge is 0.0951 e. The molecule has 0 saturated carbocycles. The second-order valence-electron chi connectivity index (χ2n) is 4.91. The van der Waals surface area contributed by atoms with E-state index in [9.17, 15) is 0 Å². The molecule has 106 valence electrons. The van der Waals surface area contributed by atoms with Crippen molar-refractivity contribution in [2.24, 2.45) is 0 Å². The number of nitrogens with zero attached hydrogens (tertiary/aromatic N) is 1. The zero-order chi connectivity index (χ0) is 14.7. The summed E-state index contributed by atoms with van der Waals surface area (Å²) in [5.74, 6) is 0. The third kappa shape index (κ3) is 3.09. The van der Waals surface area contributed by atoms with Crippen molar-refractivity contribution in [2.45, 2.75) is 6.42 Å². The molecule has 0 spiro atoms. The number of benzene rings is 2. The molecule has 21 heavy (non-hydrogen) atoms. The minimum atomic E-state index is 0.703. The number of nitrogen functional groups attached to an aromatic ring is 1. The summed E-state index contributed by atoms with van der Waals surface area (Å²) in [5.41, 5.74) is 9.81. The summed E-state index contributed by atoms with van der Waals surface area (Å²) in [6, 6.07) is 15.8. The molecule has 3 aromatic rings. The van der Waals surface area contributed by atoms with Crippen molar-refractivity contribution in [3.05, 3.63) is 65.3 Å². The van der Waals surface area contributed by atoms with Crippen LogP contribution in [0.4, 0.5) is 11.4 Å². The van der Waals surface area contributed by atoms with Crippen LogP contribution in [0.5, 0.6) is 0 Å². The Bertz CT molecular complexity index is 754. The molecule has 0 bridgehead atoms. The number of rotatable bonds is 4. The highest BCUT2D eigenvalue weighted by molar-refractivity contribution is 6.30. The van der Waals surface area contributed by atoms with Gasteiger partial charge in [0.2, 0.25) is 0 Å². The molecule has 0 amide bonds. The maximum atomic E-state index is 5.96. The molecule has 1 aromatic heterocycles. The fourth-order valence-electron chi connectivity index (χ4n) is 2.35. The Morgan fingerprint density at radius 2 is 1.86 bits per heavy atom. The van der Waals surface area contributed by atoms with Crippen LogP contribution in [-0.2, 0) is 6.42 Å². The van der Waals surface area contributed by atoms with Crippen LogP contribution in [0.15, 0.2) is 54.7 Å². The Morgan fingerprint density at radius 3 is 2.67 bits per heavy atom. The van der Waals surface area contributed by atoms with Gasteiger partial charge in [-0.2, -0.15) is 0 Å². The highest BCUT2D eigenvalue weighted by Crippen LogP contribution is 2.25. The van der Waals surface area contributed by atoms with Crippen molar-refractivity contribution < 1.29 is 0 Å². The van der Waals surface area contributed by atoms with Gasteiger partial charge < -0.3 is 11.1 Å². The predicted molar refractivity (Wildman–Crippen MR) is 89.8 cm³/mol. The van der Waals surface area contributed by atoms with Crippen LogP contribution in [-0.4, -0.2) is 11.5 Å². The quantitative estimate of drug-likeness (QED) is 0.712. The van der Waals surface area contributed by atoms with Gasteiger partial charge in [0.1, 0.15) is 0 Å². The number of hydrogen-bond acceptors (Lipinski definition) is 3. The monoisotopic (exact) mass is 297 g/mol. The van der Waals surface area contributed by atoms with Gasteiger partial charge in [-0.3, -0.25) is 4.98 Å². The van der Waals surface area contributed by atoms with Gasteiger partial charge in [0.25, 0.3) is 0 Å². The lowest BCUT2D eigenvalue weighted by Crippen LogP contribution is -2.05.